The Bertz CT molecular complexity index is 1410. The van der Waals surface area contributed by atoms with Crippen molar-refractivity contribution in [3.05, 3.63) is 70.3 Å². The van der Waals surface area contributed by atoms with E-state index in [1.54, 1.807) is 6.07 Å². The zero-order valence-electron chi connectivity index (χ0n) is 14.7. The highest BCUT2D eigenvalue weighted by molar-refractivity contribution is 6.50. The number of hydrogen-bond acceptors (Lipinski definition) is 4. The maximum Gasteiger partial charge on any atom is 0.253 e. The van der Waals surface area contributed by atoms with Crippen LogP contribution in [0.4, 0.5) is 0 Å². The number of ketones is 2. The van der Waals surface area contributed by atoms with Gasteiger partial charge < -0.3 is 9.97 Å². The first kappa shape index (κ1) is 15.3. The van der Waals surface area contributed by atoms with Gasteiger partial charge in [-0.05, 0) is 67.0 Å². The third-order valence-corrected chi connectivity index (χ3v) is 5.35. The van der Waals surface area contributed by atoms with E-state index in [1.165, 1.54) is 0 Å². The number of aryl methyl sites for hydroxylation is 2. The topological polar surface area (TPSA) is 91.5 Å². The SMILES string of the molecule is O=C1C(=O)c2nc1cc1nc(cc3ccc(cc4cc5c([nH]4)c2CC5)[nH]3)C=C1. The van der Waals surface area contributed by atoms with E-state index < -0.39 is 11.6 Å². The molecule has 3 aliphatic rings. The van der Waals surface area contributed by atoms with E-state index in [4.69, 9.17) is 0 Å². The van der Waals surface area contributed by atoms with Gasteiger partial charge in [0.2, 0.25) is 0 Å². The van der Waals surface area contributed by atoms with Crippen LogP contribution in [-0.2, 0) is 12.8 Å². The number of nitrogens with one attached hydrogen (secondary N) is 2. The van der Waals surface area contributed by atoms with Crippen molar-refractivity contribution >= 4 is 45.8 Å². The number of rotatable bonds is 0. The highest BCUT2D eigenvalue weighted by atomic mass is 16.2. The average Bonchev–Trinajstić information content (AvgIpc) is 3.45. The number of aromatic amines is 2. The van der Waals surface area contributed by atoms with Crippen molar-refractivity contribution in [1.82, 2.24) is 19.9 Å². The zero-order chi connectivity index (χ0) is 18.8. The molecule has 6 heteroatoms. The van der Waals surface area contributed by atoms with E-state index in [1.807, 2.05) is 36.4 Å². The largest absolute Gasteiger partial charge is 0.355 e. The summed E-state index contributed by atoms with van der Waals surface area (Å²) in [5, 5.41) is 0. The number of fused-ring (bicyclic) bond motifs is 8. The van der Waals surface area contributed by atoms with Crippen LogP contribution < -0.4 is 0 Å². The van der Waals surface area contributed by atoms with E-state index in [2.05, 4.69) is 26.0 Å². The Morgan fingerprint density at radius 3 is 2.39 bits per heavy atom. The van der Waals surface area contributed by atoms with Crippen molar-refractivity contribution in [2.45, 2.75) is 12.8 Å². The number of aromatic nitrogens is 4. The van der Waals surface area contributed by atoms with Gasteiger partial charge in [-0.2, -0.15) is 0 Å². The molecule has 0 fully saturated rings. The molecule has 28 heavy (non-hydrogen) atoms. The summed E-state index contributed by atoms with van der Waals surface area (Å²) in [6, 6.07) is 11.6. The van der Waals surface area contributed by atoms with Crippen molar-refractivity contribution in [3.63, 3.8) is 0 Å². The molecule has 134 valence electrons. The van der Waals surface area contributed by atoms with Crippen molar-refractivity contribution in [2.24, 2.45) is 0 Å². The summed E-state index contributed by atoms with van der Waals surface area (Å²) in [6.07, 6.45) is 5.21. The molecule has 8 bridgehead atoms. The highest BCUT2D eigenvalue weighted by Crippen LogP contribution is 2.30. The fourth-order valence-electron chi connectivity index (χ4n) is 4.05. The minimum absolute atomic E-state index is 0.151. The number of H-pyrrole nitrogens is 2. The molecule has 0 saturated heterocycles. The Labute approximate surface area is 159 Å². The van der Waals surface area contributed by atoms with E-state index in [-0.39, 0.29) is 11.4 Å². The molecule has 1 aliphatic carbocycles. The van der Waals surface area contributed by atoms with Crippen LogP contribution in [0.25, 0.3) is 34.2 Å². The van der Waals surface area contributed by atoms with Crippen LogP contribution in [-0.4, -0.2) is 31.5 Å². The van der Waals surface area contributed by atoms with Crippen LogP contribution in [0.1, 0.15) is 43.5 Å². The molecule has 3 aromatic rings. The Morgan fingerprint density at radius 1 is 0.750 bits per heavy atom. The molecule has 2 aliphatic heterocycles. The summed E-state index contributed by atoms with van der Waals surface area (Å²) >= 11 is 0. The average molecular weight is 366 g/mol. The van der Waals surface area contributed by atoms with Crippen LogP contribution in [0.3, 0.4) is 0 Å². The summed E-state index contributed by atoms with van der Waals surface area (Å²) in [4.78, 5) is 40.7. The molecule has 3 aromatic heterocycles. The van der Waals surface area contributed by atoms with E-state index in [9.17, 15) is 9.59 Å². The van der Waals surface area contributed by atoms with Gasteiger partial charge in [0.05, 0.1) is 11.4 Å². The molecular weight excluding hydrogens is 352 g/mol. The Morgan fingerprint density at radius 2 is 1.54 bits per heavy atom. The van der Waals surface area contributed by atoms with Crippen molar-refractivity contribution in [1.29, 1.82) is 0 Å². The van der Waals surface area contributed by atoms with Gasteiger partial charge in [0.1, 0.15) is 11.4 Å². The molecule has 6 rings (SSSR count). The Hall–Kier alpha value is -3.80. The minimum Gasteiger partial charge on any atom is -0.355 e. The maximum atomic E-state index is 12.6. The predicted octanol–water partition coefficient (Wildman–Crippen LogP) is 3.65. The molecule has 6 nitrogen and oxygen atoms in total. The van der Waals surface area contributed by atoms with Crippen LogP contribution in [0.15, 0.2) is 36.4 Å². The minimum atomic E-state index is -0.569. The summed E-state index contributed by atoms with van der Waals surface area (Å²) in [5.41, 5.74) is 7.52. The predicted molar refractivity (Wildman–Crippen MR) is 106 cm³/mol. The normalized spacial score (nSPS) is 14.9. The molecule has 0 aromatic carbocycles. The summed E-state index contributed by atoms with van der Waals surface area (Å²) in [6.45, 7) is 0. The van der Waals surface area contributed by atoms with Gasteiger partial charge in [-0.25, -0.2) is 9.97 Å². The summed E-state index contributed by atoms with van der Waals surface area (Å²) in [7, 11) is 0. The molecule has 0 unspecified atom stereocenters. The number of nitrogens with zero attached hydrogens (tertiary/aromatic N) is 2. The third kappa shape index (κ3) is 2.21. The second kappa shape index (κ2) is 5.36. The molecule has 0 saturated carbocycles. The first-order chi connectivity index (χ1) is 13.6. The van der Waals surface area contributed by atoms with Gasteiger partial charge in [0, 0.05) is 27.6 Å². The molecule has 0 amide bonds. The molecule has 0 spiro atoms. The van der Waals surface area contributed by atoms with E-state index in [0.29, 0.717) is 12.1 Å². The van der Waals surface area contributed by atoms with E-state index >= 15 is 0 Å². The van der Waals surface area contributed by atoms with E-state index in [0.717, 1.165) is 45.3 Å². The van der Waals surface area contributed by atoms with Gasteiger partial charge >= 0.3 is 0 Å². The molecular formula is C22H14N4O2. The monoisotopic (exact) mass is 366 g/mol. The number of carbonyl (C=O) groups excluding carboxylic acids is 2. The van der Waals surface area contributed by atoms with Crippen molar-refractivity contribution < 1.29 is 9.59 Å². The van der Waals surface area contributed by atoms with Crippen LogP contribution in [0, 0.1) is 0 Å². The summed E-state index contributed by atoms with van der Waals surface area (Å²) in [5.74, 6) is -1.11. The zero-order valence-corrected chi connectivity index (χ0v) is 14.7. The second-order valence-electron chi connectivity index (χ2n) is 7.20. The third-order valence-electron chi connectivity index (χ3n) is 5.35. The highest BCUT2D eigenvalue weighted by Gasteiger charge is 2.32. The van der Waals surface area contributed by atoms with Crippen LogP contribution >= 0.6 is 0 Å². The van der Waals surface area contributed by atoms with Gasteiger partial charge in [0.15, 0.2) is 0 Å². The first-order valence-electron chi connectivity index (χ1n) is 9.14. The van der Waals surface area contributed by atoms with Gasteiger partial charge in [-0.3, -0.25) is 9.59 Å². The first-order valence-corrected chi connectivity index (χ1v) is 9.14. The molecule has 0 radical (unpaired) electrons. The van der Waals surface area contributed by atoms with Crippen molar-refractivity contribution in [3.8, 4) is 0 Å². The lowest BCUT2D eigenvalue weighted by molar-refractivity contribution is 0.0825. The lowest BCUT2D eigenvalue weighted by atomic mass is 10.1. The number of hydrogen-bond donors (Lipinski definition) is 2. The lowest BCUT2D eigenvalue weighted by Crippen LogP contribution is -2.08. The Kier molecular flexibility index (Phi) is 2.92. The number of Topliss-reactive ketones (excluding diaryl/α,β-unsaturated/α-hetero) is 2. The molecule has 0 atom stereocenters. The maximum absolute atomic E-state index is 12.6. The van der Waals surface area contributed by atoms with Crippen LogP contribution in [0.5, 0.6) is 0 Å². The molecule has 5 heterocycles. The second-order valence-corrected chi connectivity index (χ2v) is 7.20. The molecule has 2 N–H and O–H groups in total. The smallest absolute Gasteiger partial charge is 0.253 e. The standard InChI is InChI=1S/C22H14N4O2/c27-21-18-10-15-5-4-13(24-15)8-12-2-3-14(23-12)9-16-7-11-1-6-17(19(11)25-16)20(26-18)22(21)28/h2-5,7-10,23,25H,1,6H2. The number of carbonyl (C=O) groups is 2. The fourth-order valence-corrected chi connectivity index (χ4v) is 4.05. The van der Waals surface area contributed by atoms with Gasteiger partial charge in [0.25, 0.3) is 11.6 Å². The summed E-state index contributed by atoms with van der Waals surface area (Å²) < 4.78 is 0. The Balaban J connectivity index is 1.76. The fraction of sp³-hybridized carbons (Fsp3) is 0.0909. The quantitative estimate of drug-likeness (QED) is 0.465. The van der Waals surface area contributed by atoms with Crippen molar-refractivity contribution in [2.75, 3.05) is 0 Å². The van der Waals surface area contributed by atoms with Crippen LogP contribution in [0.2, 0.25) is 0 Å². The lowest BCUT2D eigenvalue weighted by Gasteiger charge is -1.94. The van der Waals surface area contributed by atoms with Gasteiger partial charge in [-0.1, -0.05) is 0 Å². The van der Waals surface area contributed by atoms with Gasteiger partial charge in [-0.15, -0.1) is 0 Å².